The number of rotatable bonds is 4. The van der Waals surface area contributed by atoms with Gasteiger partial charge in [0.25, 0.3) is 0 Å². The van der Waals surface area contributed by atoms with E-state index >= 15 is 0 Å². The molecule has 0 aliphatic carbocycles. The summed E-state index contributed by atoms with van der Waals surface area (Å²) in [6, 6.07) is 1.33. The van der Waals surface area contributed by atoms with Crippen LogP contribution in [0.25, 0.3) is 11.0 Å². The summed E-state index contributed by atoms with van der Waals surface area (Å²) >= 11 is 0. The first-order valence-electron chi connectivity index (χ1n) is 6.36. The number of nitrogens with two attached hydrogens (primary N) is 1. The summed E-state index contributed by atoms with van der Waals surface area (Å²) in [5.74, 6) is 2.05. The van der Waals surface area contributed by atoms with Crippen molar-refractivity contribution in [2.75, 3.05) is 5.32 Å². The van der Waals surface area contributed by atoms with Crippen LogP contribution in [0.1, 0.15) is 26.3 Å². The fourth-order valence-electron chi connectivity index (χ4n) is 1.84. The Labute approximate surface area is 117 Å². The Bertz CT molecular complexity index is 668. The molecule has 0 saturated carbocycles. The van der Waals surface area contributed by atoms with Crippen molar-refractivity contribution in [2.24, 2.45) is 5.73 Å². The largest absolute Gasteiger partial charge is 0.323 e. The second-order valence-electron chi connectivity index (χ2n) is 4.82. The van der Waals surface area contributed by atoms with Crippen molar-refractivity contribution < 1.29 is 4.79 Å². The van der Waals surface area contributed by atoms with Crippen molar-refractivity contribution in [3.05, 3.63) is 18.5 Å². The topological polar surface area (TPSA) is 85.8 Å². The number of nitrogens with one attached hydrogen (secondary N) is 1. The van der Waals surface area contributed by atoms with E-state index in [1.165, 1.54) is 0 Å². The van der Waals surface area contributed by atoms with Gasteiger partial charge >= 0.3 is 0 Å². The van der Waals surface area contributed by atoms with Crippen LogP contribution in [0.5, 0.6) is 0 Å². The van der Waals surface area contributed by atoms with Crippen LogP contribution in [-0.4, -0.2) is 26.7 Å². The molecule has 104 valence electrons. The lowest BCUT2D eigenvalue weighted by molar-refractivity contribution is -0.117. The number of hydrogen-bond donors (Lipinski definition) is 2. The van der Waals surface area contributed by atoms with Crippen LogP contribution in [0.4, 0.5) is 5.69 Å². The number of carbonyl (C=O) groups is 1. The minimum absolute atomic E-state index is 0.201. The number of terminal acetylenes is 1. The average molecular weight is 271 g/mol. The highest BCUT2D eigenvalue weighted by molar-refractivity contribution is 5.96. The van der Waals surface area contributed by atoms with Crippen molar-refractivity contribution in [2.45, 2.75) is 32.4 Å². The fourth-order valence-corrected chi connectivity index (χ4v) is 1.84. The Kier molecular flexibility index (Phi) is 4.01. The number of amides is 1. The van der Waals surface area contributed by atoms with Crippen molar-refractivity contribution in [3.63, 3.8) is 0 Å². The number of carbonyl (C=O) groups excluding carboxylic acids is 1. The van der Waals surface area contributed by atoms with Crippen LogP contribution < -0.4 is 11.1 Å². The standard InChI is InChI=1S/C14H17N5O/c1-4-5-12(15)14(20)18-11-6-10-7-17-19(9(2)3)13(10)16-8-11/h1,6-9,12H,5,15H2,2-3H3,(H,18,20). The van der Waals surface area contributed by atoms with E-state index in [1.54, 1.807) is 12.4 Å². The van der Waals surface area contributed by atoms with Gasteiger partial charge in [-0.15, -0.1) is 12.3 Å². The smallest absolute Gasteiger partial charge is 0.242 e. The lowest BCUT2D eigenvalue weighted by Crippen LogP contribution is -2.35. The molecule has 2 heterocycles. The molecule has 2 aromatic rings. The summed E-state index contributed by atoms with van der Waals surface area (Å²) in [5.41, 5.74) is 7.01. The molecule has 2 rings (SSSR count). The highest BCUT2D eigenvalue weighted by Crippen LogP contribution is 2.19. The molecule has 0 bridgehead atoms. The van der Waals surface area contributed by atoms with Crippen LogP contribution in [0.15, 0.2) is 18.5 Å². The molecule has 0 saturated heterocycles. The van der Waals surface area contributed by atoms with Gasteiger partial charge in [-0.05, 0) is 19.9 Å². The molecular formula is C14H17N5O. The quantitative estimate of drug-likeness (QED) is 0.821. The van der Waals surface area contributed by atoms with Gasteiger partial charge in [0.05, 0.1) is 24.1 Å². The van der Waals surface area contributed by atoms with Crippen molar-refractivity contribution in [3.8, 4) is 12.3 Å². The second kappa shape index (κ2) is 5.72. The van der Waals surface area contributed by atoms with E-state index in [1.807, 2.05) is 24.6 Å². The molecule has 0 spiro atoms. The van der Waals surface area contributed by atoms with E-state index in [-0.39, 0.29) is 18.4 Å². The molecule has 0 aromatic carbocycles. The lowest BCUT2D eigenvalue weighted by Gasteiger charge is -2.10. The SMILES string of the molecule is C#CCC(N)C(=O)Nc1cnc2c(cnn2C(C)C)c1. The first-order chi connectivity index (χ1) is 9.52. The maximum absolute atomic E-state index is 11.8. The van der Waals surface area contributed by atoms with Gasteiger partial charge in [0, 0.05) is 17.8 Å². The highest BCUT2D eigenvalue weighted by Gasteiger charge is 2.13. The zero-order chi connectivity index (χ0) is 14.7. The Morgan fingerprint density at radius 1 is 1.55 bits per heavy atom. The Balaban J connectivity index is 2.21. The van der Waals surface area contributed by atoms with Crippen molar-refractivity contribution in [1.82, 2.24) is 14.8 Å². The summed E-state index contributed by atoms with van der Waals surface area (Å²) in [6.07, 6.45) is 8.64. The van der Waals surface area contributed by atoms with Crippen LogP contribution in [0.2, 0.25) is 0 Å². The number of hydrogen-bond acceptors (Lipinski definition) is 4. The van der Waals surface area contributed by atoms with Gasteiger partial charge in [-0.2, -0.15) is 5.10 Å². The fraction of sp³-hybridized carbons (Fsp3) is 0.357. The predicted octanol–water partition coefficient (Wildman–Crippen LogP) is 1.30. The van der Waals surface area contributed by atoms with E-state index in [0.29, 0.717) is 5.69 Å². The molecule has 1 amide bonds. The number of pyridine rings is 1. The minimum atomic E-state index is -0.714. The molecule has 6 heteroatoms. The van der Waals surface area contributed by atoms with Gasteiger partial charge in [-0.3, -0.25) is 4.79 Å². The molecule has 6 nitrogen and oxygen atoms in total. The number of fused-ring (bicyclic) bond motifs is 1. The Morgan fingerprint density at radius 3 is 2.95 bits per heavy atom. The molecule has 0 radical (unpaired) electrons. The minimum Gasteiger partial charge on any atom is -0.323 e. The lowest BCUT2D eigenvalue weighted by atomic mass is 10.2. The maximum Gasteiger partial charge on any atom is 0.242 e. The monoisotopic (exact) mass is 271 g/mol. The molecule has 1 unspecified atom stereocenters. The molecule has 2 aromatic heterocycles. The normalized spacial score (nSPS) is 12.3. The molecular weight excluding hydrogens is 254 g/mol. The summed E-state index contributed by atoms with van der Waals surface area (Å²) in [4.78, 5) is 16.1. The molecule has 0 aliphatic rings. The summed E-state index contributed by atoms with van der Waals surface area (Å²) in [7, 11) is 0. The van der Waals surface area contributed by atoms with E-state index < -0.39 is 6.04 Å². The molecule has 1 atom stereocenters. The average Bonchev–Trinajstić information content (AvgIpc) is 2.82. The third-order valence-electron chi connectivity index (χ3n) is 2.86. The Morgan fingerprint density at radius 2 is 2.30 bits per heavy atom. The Hall–Kier alpha value is -2.39. The van der Waals surface area contributed by atoms with Gasteiger partial charge < -0.3 is 11.1 Å². The zero-order valence-corrected chi connectivity index (χ0v) is 11.5. The van der Waals surface area contributed by atoms with Gasteiger partial charge in [0.15, 0.2) is 5.65 Å². The number of aromatic nitrogens is 3. The van der Waals surface area contributed by atoms with E-state index in [0.717, 1.165) is 11.0 Å². The van der Waals surface area contributed by atoms with Gasteiger partial charge in [0.1, 0.15) is 0 Å². The predicted molar refractivity (Wildman–Crippen MR) is 78.0 cm³/mol. The summed E-state index contributed by atoms with van der Waals surface area (Å²) < 4.78 is 1.82. The number of anilines is 1. The van der Waals surface area contributed by atoms with Crippen molar-refractivity contribution in [1.29, 1.82) is 0 Å². The van der Waals surface area contributed by atoms with Crippen LogP contribution in [0, 0.1) is 12.3 Å². The summed E-state index contributed by atoms with van der Waals surface area (Å²) in [5, 5.41) is 7.83. The number of nitrogens with zero attached hydrogens (tertiary/aromatic N) is 3. The zero-order valence-electron chi connectivity index (χ0n) is 11.5. The molecule has 0 fully saturated rings. The van der Waals surface area contributed by atoms with E-state index in [9.17, 15) is 4.79 Å². The molecule has 3 N–H and O–H groups in total. The first-order valence-corrected chi connectivity index (χ1v) is 6.36. The van der Waals surface area contributed by atoms with Gasteiger partial charge in [0.2, 0.25) is 5.91 Å². The van der Waals surface area contributed by atoms with Crippen LogP contribution in [0.3, 0.4) is 0 Å². The summed E-state index contributed by atoms with van der Waals surface area (Å²) in [6.45, 7) is 4.06. The molecule has 0 aliphatic heterocycles. The van der Waals surface area contributed by atoms with Crippen LogP contribution in [-0.2, 0) is 4.79 Å². The van der Waals surface area contributed by atoms with Gasteiger partial charge in [-0.1, -0.05) is 0 Å². The second-order valence-corrected chi connectivity index (χ2v) is 4.82. The third-order valence-corrected chi connectivity index (χ3v) is 2.86. The van der Waals surface area contributed by atoms with Crippen molar-refractivity contribution >= 4 is 22.6 Å². The highest BCUT2D eigenvalue weighted by atomic mass is 16.2. The third kappa shape index (κ3) is 2.78. The maximum atomic E-state index is 11.8. The van der Waals surface area contributed by atoms with Crippen LogP contribution >= 0.6 is 0 Å². The van der Waals surface area contributed by atoms with E-state index in [2.05, 4.69) is 21.3 Å². The molecule has 20 heavy (non-hydrogen) atoms. The first kappa shape index (κ1) is 14.0. The van der Waals surface area contributed by atoms with E-state index in [4.69, 9.17) is 12.2 Å². The van der Waals surface area contributed by atoms with Gasteiger partial charge in [-0.25, -0.2) is 9.67 Å².